The van der Waals surface area contributed by atoms with E-state index in [2.05, 4.69) is 9.97 Å². The number of benzene rings is 1. The topological polar surface area (TPSA) is 95.7 Å². The number of fused-ring (bicyclic) bond motifs is 1. The largest absolute Gasteiger partial charge is 0.493 e. The zero-order valence-corrected chi connectivity index (χ0v) is 20.2. The van der Waals surface area contributed by atoms with Crippen molar-refractivity contribution in [2.75, 3.05) is 19.8 Å². The molecule has 0 radical (unpaired) electrons. The first-order valence-corrected chi connectivity index (χ1v) is 11.9. The summed E-state index contributed by atoms with van der Waals surface area (Å²) in [5.74, 6) is 1.10. The maximum atomic E-state index is 11.3. The number of pyridine rings is 1. The molecule has 4 aromatic rings. The minimum atomic E-state index is -0.865. The van der Waals surface area contributed by atoms with Crippen LogP contribution in [0.2, 0.25) is 0 Å². The smallest absolute Gasteiger partial charge is 0.326 e. The number of aromatic nitrogens is 3. The molecule has 1 N–H and O–H groups in total. The fourth-order valence-electron chi connectivity index (χ4n) is 3.48. The Morgan fingerprint density at radius 1 is 1.15 bits per heavy atom. The number of rotatable bonds is 11. The third-order valence-electron chi connectivity index (χ3n) is 5.29. The highest BCUT2D eigenvalue weighted by atomic mass is 32.1. The third-order valence-corrected chi connectivity index (χ3v) is 6.29. The van der Waals surface area contributed by atoms with E-state index in [-0.39, 0.29) is 0 Å². The van der Waals surface area contributed by atoms with Crippen molar-refractivity contribution in [2.45, 2.75) is 33.2 Å². The molecule has 1 aromatic carbocycles. The van der Waals surface area contributed by atoms with E-state index in [0.29, 0.717) is 38.0 Å². The van der Waals surface area contributed by atoms with Crippen LogP contribution in [0.3, 0.4) is 0 Å². The van der Waals surface area contributed by atoms with Gasteiger partial charge in [0.15, 0.2) is 0 Å². The number of carboxylic acids is 1. The van der Waals surface area contributed by atoms with Gasteiger partial charge in [-0.15, -0.1) is 11.3 Å². The van der Waals surface area contributed by atoms with Gasteiger partial charge in [-0.3, -0.25) is 0 Å². The molecule has 4 rings (SSSR count). The van der Waals surface area contributed by atoms with Gasteiger partial charge in [0.05, 0.1) is 24.7 Å². The molecular formula is C25H27N3O5S. The van der Waals surface area contributed by atoms with Crippen molar-refractivity contribution in [2.24, 2.45) is 0 Å². The molecule has 0 unspecified atom stereocenters. The summed E-state index contributed by atoms with van der Waals surface area (Å²) in [6.45, 7) is 7.16. The van der Waals surface area contributed by atoms with Crippen molar-refractivity contribution in [3.05, 3.63) is 53.7 Å². The van der Waals surface area contributed by atoms with E-state index in [1.165, 1.54) is 0 Å². The Hall–Kier alpha value is -3.59. The van der Waals surface area contributed by atoms with Crippen molar-refractivity contribution in [1.82, 2.24) is 14.5 Å². The molecule has 0 aliphatic rings. The standard InChI is InChI=1S/C25H27N3O5S/c1-4-31-23-17(3)34-24(27-23)19-6-9-22(26-15-19)33-13-5-12-32-20-7-8-21-18(14-20)10-11-28(21)16(2)25(29)30/h6-11,14-16H,4-5,12-13H2,1-3H3,(H,29,30)/t16-/m1/s1. The lowest BCUT2D eigenvalue weighted by Crippen LogP contribution is -2.14. The van der Waals surface area contributed by atoms with E-state index in [9.17, 15) is 9.90 Å². The molecule has 0 saturated carbocycles. The maximum absolute atomic E-state index is 11.3. The number of hydrogen-bond acceptors (Lipinski definition) is 7. The normalized spacial score (nSPS) is 12.0. The molecule has 0 aliphatic heterocycles. The lowest BCUT2D eigenvalue weighted by Gasteiger charge is -2.11. The summed E-state index contributed by atoms with van der Waals surface area (Å²) >= 11 is 1.58. The Balaban J connectivity index is 1.25. The number of aliphatic carboxylic acids is 1. The molecule has 0 amide bonds. The molecule has 0 aliphatic carbocycles. The average molecular weight is 482 g/mol. The number of hydrogen-bond donors (Lipinski definition) is 1. The van der Waals surface area contributed by atoms with E-state index >= 15 is 0 Å². The Morgan fingerprint density at radius 2 is 1.97 bits per heavy atom. The Labute approximate surface area is 201 Å². The number of carbonyl (C=O) groups is 1. The minimum absolute atomic E-state index is 0.478. The summed E-state index contributed by atoms with van der Waals surface area (Å²) in [5.41, 5.74) is 1.79. The van der Waals surface area contributed by atoms with Crippen molar-refractivity contribution >= 4 is 28.2 Å². The molecule has 3 aromatic heterocycles. The summed E-state index contributed by atoms with van der Waals surface area (Å²) in [5, 5.41) is 11.1. The third kappa shape index (κ3) is 5.31. The van der Waals surface area contributed by atoms with Crippen molar-refractivity contribution in [3.63, 3.8) is 0 Å². The van der Waals surface area contributed by atoms with Crippen molar-refractivity contribution in [3.8, 4) is 28.1 Å². The van der Waals surface area contributed by atoms with Gasteiger partial charge in [0, 0.05) is 41.3 Å². The van der Waals surface area contributed by atoms with E-state index in [0.717, 1.165) is 32.1 Å². The van der Waals surface area contributed by atoms with Crippen LogP contribution in [-0.4, -0.2) is 45.4 Å². The van der Waals surface area contributed by atoms with Crippen LogP contribution in [0, 0.1) is 6.92 Å². The molecule has 9 heteroatoms. The Bertz CT molecular complexity index is 1270. The van der Waals surface area contributed by atoms with Crippen molar-refractivity contribution < 1.29 is 24.1 Å². The molecular weight excluding hydrogens is 454 g/mol. The molecule has 0 spiro atoms. The van der Waals surface area contributed by atoms with E-state index in [4.69, 9.17) is 14.2 Å². The van der Waals surface area contributed by atoms with Gasteiger partial charge < -0.3 is 23.9 Å². The molecule has 0 fully saturated rings. The fourth-order valence-corrected chi connectivity index (χ4v) is 4.33. The highest BCUT2D eigenvalue weighted by molar-refractivity contribution is 7.15. The summed E-state index contributed by atoms with van der Waals surface area (Å²) in [6, 6.07) is 10.7. The monoisotopic (exact) mass is 481 g/mol. The van der Waals surface area contributed by atoms with Crippen LogP contribution in [0.5, 0.6) is 17.5 Å². The van der Waals surface area contributed by atoms with Gasteiger partial charge in [0.2, 0.25) is 11.8 Å². The zero-order chi connectivity index (χ0) is 24.1. The summed E-state index contributed by atoms with van der Waals surface area (Å²) in [7, 11) is 0. The predicted octanol–water partition coefficient (Wildman–Crippen LogP) is 5.36. The van der Waals surface area contributed by atoms with E-state index < -0.39 is 12.0 Å². The van der Waals surface area contributed by atoms with E-state index in [1.807, 2.05) is 50.2 Å². The highest BCUT2D eigenvalue weighted by Crippen LogP contribution is 2.32. The summed E-state index contributed by atoms with van der Waals surface area (Å²) in [6.07, 6.45) is 4.24. The fraction of sp³-hybridized carbons (Fsp3) is 0.320. The number of ether oxygens (including phenoxy) is 3. The second-order valence-corrected chi connectivity index (χ2v) is 8.91. The van der Waals surface area contributed by atoms with E-state index in [1.54, 1.807) is 35.2 Å². The molecule has 34 heavy (non-hydrogen) atoms. The van der Waals surface area contributed by atoms with Gasteiger partial charge in [-0.1, -0.05) is 0 Å². The molecule has 0 saturated heterocycles. The molecule has 0 bridgehead atoms. The first-order chi connectivity index (χ1) is 16.5. The van der Waals surface area contributed by atoms with Gasteiger partial charge >= 0.3 is 5.97 Å². The van der Waals surface area contributed by atoms with Crippen LogP contribution in [0.1, 0.15) is 31.2 Å². The van der Waals surface area contributed by atoms with Crippen molar-refractivity contribution in [1.29, 1.82) is 0 Å². The van der Waals surface area contributed by atoms with Gasteiger partial charge in [0.25, 0.3) is 0 Å². The van der Waals surface area contributed by atoms with Gasteiger partial charge in [-0.25, -0.2) is 14.8 Å². The lowest BCUT2D eigenvalue weighted by molar-refractivity contribution is -0.140. The molecule has 1 atom stereocenters. The van der Waals surface area contributed by atoms with Crippen LogP contribution in [0.4, 0.5) is 0 Å². The zero-order valence-electron chi connectivity index (χ0n) is 19.4. The molecule has 178 valence electrons. The SMILES string of the molecule is CCOc1nc(-c2ccc(OCCCOc3ccc4c(ccn4[C@H](C)C(=O)O)c3)nc2)sc1C. The second-order valence-electron chi connectivity index (χ2n) is 7.71. The number of carboxylic acid groups (broad SMARTS) is 1. The van der Waals surface area contributed by atoms with Gasteiger partial charge in [-0.2, -0.15) is 0 Å². The highest BCUT2D eigenvalue weighted by Gasteiger charge is 2.15. The Kier molecular flexibility index (Phi) is 7.32. The first-order valence-electron chi connectivity index (χ1n) is 11.1. The van der Waals surface area contributed by atoms with Crippen LogP contribution in [-0.2, 0) is 4.79 Å². The van der Waals surface area contributed by atoms with Crippen LogP contribution in [0.25, 0.3) is 21.5 Å². The number of thiazole rings is 1. The first kappa shape index (κ1) is 23.6. The quantitative estimate of drug-likeness (QED) is 0.288. The average Bonchev–Trinajstić information content (AvgIpc) is 3.42. The lowest BCUT2D eigenvalue weighted by atomic mass is 10.2. The van der Waals surface area contributed by atoms with Gasteiger partial charge in [0.1, 0.15) is 16.8 Å². The molecule has 8 nitrogen and oxygen atoms in total. The summed E-state index contributed by atoms with van der Waals surface area (Å²) in [4.78, 5) is 21.2. The Morgan fingerprint density at radius 3 is 2.71 bits per heavy atom. The van der Waals surface area contributed by atoms with Crippen LogP contribution in [0.15, 0.2) is 48.8 Å². The molecule has 3 heterocycles. The summed E-state index contributed by atoms with van der Waals surface area (Å²) < 4.78 is 18.8. The maximum Gasteiger partial charge on any atom is 0.326 e. The predicted molar refractivity (Wildman–Crippen MR) is 131 cm³/mol. The number of nitrogens with zero attached hydrogens (tertiary/aromatic N) is 3. The number of aryl methyl sites for hydroxylation is 1. The van der Waals surface area contributed by atoms with Crippen LogP contribution >= 0.6 is 11.3 Å². The minimum Gasteiger partial charge on any atom is -0.493 e. The second kappa shape index (κ2) is 10.6. The van der Waals surface area contributed by atoms with Gasteiger partial charge in [-0.05, 0) is 51.1 Å². The van der Waals surface area contributed by atoms with Crippen LogP contribution < -0.4 is 14.2 Å².